The SMILES string of the molecule is CC(C)NCCN(c1ccc(N)cc1)C(C)C. The van der Waals surface area contributed by atoms with Crippen molar-refractivity contribution in [1.29, 1.82) is 0 Å². The predicted molar refractivity (Wildman–Crippen MR) is 76.5 cm³/mol. The molecule has 3 heteroatoms. The Morgan fingerprint density at radius 3 is 2.18 bits per heavy atom. The summed E-state index contributed by atoms with van der Waals surface area (Å²) < 4.78 is 0. The maximum Gasteiger partial charge on any atom is 0.0370 e. The first-order valence-electron chi connectivity index (χ1n) is 6.36. The van der Waals surface area contributed by atoms with E-state index in [0.29, 0.717) is 12.1 Å². The molecule has 96 valence electrons. The number of nitrogens with two attached hydrogens (primary N) is 1. The van der Waals surface area contributed by atoms with Crippen LogP contribution in [-0.2, 0) is 0 Å². The maximum absolute atomic E-state index is 5.71. The van der Waals surface area contributed by atoms with E-state index in [1.165, 1.54) is 5.69 Å². The normalized spacial score (nSPS) is 11.2. The standard InChI is InChI=1S/C14H25N3/c1-11(2)16-9-10-17(12(3)4)14-7-5-13(15)6-8-14/h5-8,11-12,16H,9-10,15H2,1-4H3. The molecule has 0 aromatic heterocycles. The summed E-state index contributed by atoms with van der Waals surface area (Å²) in [4.78, 5) is 2.38. The van der Waals surface area contributed by atoms with Gasteiger partial charge in [0, 0.05) is 36.5 Å². The molecule has 0 amide bonds. The van der Waals surface area contributed by atoms with E-state index in [2.05, 4.69) is 50.0 Å². The minimum atomic E-state index is 0.493. The number of hydrogen-bond acceptors (Lipinski definition) is 3. The molecule has 0 atom stereocenters. The van der Waals surface area contributed by atoms with Gasteiger partial charge in [0.1, 0.15) is 0 Å². The lowest BCUT2D eigenvalue weighted by Crippen LogP contribution is -2.38. The van der Waals surface area contributed by atoms with Crippen molar-refractivity contribution in [2.75, 3.05) is 23.7 Å². The summed E-state index contributed by atoms with van der Waals surface area (Å²) >= 11 is 0. The number of anilines is 2. The van der Waals surface area contributed by atoms with Gasteiger partial charge in [0.15, 0.2) is 0 Å². The zero-order valence-electron chi connectivity index (χ0n) is 11.4. The van der Waals surface area contributed by atoms with Gasteiger partial charge in [0.25, 0.3) is 0 Å². The first kappa shape index (κ1) is 13.8. The minimum absolute atomic E-state index is 0.493. The zero-order chi connectivity index (χ0) is 12.8. The van der Waals surface area contributed by atoms with Crippen LogP contribution in [0.1, 0.15) is 27.7 Å². The molecule has 0 unspecified atom stereocenters. The summed E-state index contributed by atoms with van der Waals surface area (Å²) in [6, 6.07) is 9.12. The van der Waals surface area contributed by atoms with Gasteiger partial charge in [-0.2, -0.15) is 0 Å². The van der Waals surface area contributed by atoms with Crippen LogP contribution < -0.4 is 16.0 Å². The van der Waals surface area contributed by atoms with Gasteiger partial charge in [0.2, 0.25) is 0 Å². The van der Waals surface area contributed by atoms with Crippen LogP contribution in [0.3, 0.4) is 0 Å². The third-order valence-corrected chi connectivity index (χ3v) is 2.75. The lowest BCUT2D eigenvalue weighted by Gasteiger charge is -2.29. The molecule has 0 aliphatic carbocycles. The molecule has 0 radical (unpaired) electrons. The highest BCUT2D eigenvalue weighted by Gasteiger charge is 2.09. The van der Waals surface area contributed by atoms with Crippen molar-refractivity contribution in [3.8, 4) is 0 Å². The molecule has 0 bridgehead atoms. The summed E-state index contributed by atoms with van der Waals surface area (Å²) in [7, 11) is 0. The van der Waals surface area contributed by atoms with Crippen molar-refractivity contribution in [2.24, 2.45) is 0 Å². The molecule has 0 spiro atoms. The average Bonchev–Trinajstić information content (AvgIpc) is 2.25. The van der Waals surface area contributed by atoms with Crippen LogP contribution in [-0.4, -0.2) is 25.2 Å². The van der Waals surface area contributed by atoms with Crippen LogP contribution in [0.4, 0.5) is 11.4 Å². The van der Waals surface area contributed by atoms with E-state index in [-0.39, 0.29) is 0 Å². The molecule has 0 fully saturated rings. The average molecular weight is 235 g/mol. The van der Waals surface area contributed by atoms with E-state index in [1.54, 1.807) is 0 Å². The fourth-order valence-electron chi connectivity index (χ4n) is 1.82. The van der Waals surface area contributed by atoms with E-state index in [1.807, 2.05) is 12.1 Å². The van der Waals surface area contributed by atoms with Gasteiger partial charge in [0.05, 0.1) is 0 Å². The Balaban J connectivity index is 2.62. The largest absolute Gasteiger partial charge is 0.399 e. The van der Waals surface area contributed by atoms with E-state index >= 15 is 0 Å². The molecule has 17 heavy (non-hydrogen) atoms. The molecule has 1 aromatic rings. The molecule has 0 heterocycles. The van der Waals surface area contributed by atoms with E-state index in [0.717, 1.165) is 18.8 Å². The second-order valence-corrected chi connectivity index (χ2v) is 4.99. The van der Waals surface area contributed by atoms with Crippen molar-refractivity contribution >= 4 is 11.4 Å². The third kappa shape index (κ3) is 4.65. The molecule has 0 aliphatic heterocycles. The molecular formula is C14H25N3. The molecule has 1 rings (SSSR count). The van der Waals surface area contributed by atoms with Gasteiger partial charge >= 0.3 is 0 Å². The Hall–Kier alpha value is -1.22. The predicted octanol–water partition coefficient (Wildman–Crippen LogP) is 2.48. The summed E-state index contributed by atoms with van der Waals surface area (Å²) in [6.07, 6.45) is 0. The zero-order valence-corrected chi connectivity index (χ0v) is 11.4. The lowest BCUT2D eigenvalue weighted by molar-refractivity contribution is 0.565. The Bertz CT molecular complexity index is 317. The number of nitrogens with zero attached hydrogens (tertiary/aromatic N) is 1. The Morgan fingerprint density at radius 1 is 1.12 bits per heavy atom. The van der Waals surface area contributed by atoms with Crippen LogP contribution in [0.15, 0.2) is 24.3 Å². The molecule has 3 N–H and O–H groups in total. The van der Waals surface area contributed by atoms with Crippen molar-refractivity contribution in [3.05, 3.63) is 24.3 Å². The van der Waals surface area contributed by atoms with Gasteiger partial charge in [-0.1, -0.05) is 13.8 Å². The molecule has 3 nitrogen and oxygen atoms in total. The number of hydrogen-bond donors (Lipinski definition) is 2. The van der Waals surface area contributed by atoms with Crippen molar-refractivity contribution in [3.63, 3.8) is 0 Å². The first-order chi connectivity index (χ1) is 8.00. The molecule has 0 saturated heterocycles. The summed E-state index contributed by atoms with van der Waals surface area (Å²) in [5.41, 5.74) is 7.77. The minimum Gasteiger partial charge on any atom is -0.399 e. The highest BCUT2D eigenvalue weighted by molar-refractivity contribution is 5.53. The topological polar surface area (TPSA) is 41.3 Å². The number of nitrogen functional groups attached to an aromatic ring is 1. The van der Waals surface area contributed by atoms with Crippen LogP contribution in [0.2, 0.25) is 0 Å². The Kier molecular flexibility index (Phi) is 5.29. The van der Waals surface area contributed by atoms with Gasteiger partial charge in [-0.05, 0) is 38.1 Å². The number of benzene rings is 1. The molecule has 0 saturated carbocycles. The number of rotatable bonds is 6. The fraction of sp³-hybridized carbons (Fsp3) is 0.571. The van der Waals surface area contributed by atoms with Crippen LogP contribution >= 0.6 is 0 Å². The maximum atomic E-state index is 5.71. The van der Waals surface area contributed by atoms with Gasteiger partial charge < -0.3 is 16.0 Å². The smallest absolute Gasteiger partial charge is 0.0370 e. The summed E-state index contributed by atoms with van der Waals surface area (Å²) in [6.45, 7) is 10.8. The van der Waals surface area contributed by atoms with Crippen molar-refractivity contribution < 1.29 is 0 Å². The second kappa shape index (κ2) is 6.50. The highest BCUT2D eigenvalue weighted by atomic mass is 15.2. The van der Waals surface area contributed by atoms with E-state index < -0.39 is 0 Å². The van der Waals surface area contributed by atoms with Gasteiger partial charge in [-0.3, -0.25) is 0 Å². The van der Waals surface area contributed by atoms with Crippen molar-refractivity contribution in [2.45, 2.75) is 39.8 Å². The fourth-order valence-corrected chi connectivity index (χ4v) is 1.82. The van der Waals surface area contributed by atoms with Gasteiger partial charge in [-0.15, -0.1) is 0 Å². The Morgan fingerprint density at radius 2 is 1.71 bits per heavy atom. The van der Waals surface area contributed by atoms with Crippen molar-refractivity contribution in [1.82, 2.24) is 5.32 Å². The number of nitrogens with one attached hydrogen (secondary N) is 1. The van der Waals surface area contributed by atoms with E-state index in [4.69, 9.17) is 5.73 Å². The lowest BCUT2D eigenvalue weighted by atomic mass is 10.2. The Labute approximate surface area is 105 Å². The van der Waals surface area contributed by atoms with Crippen LogP contribution in [0.25, 0.3) is 0 Å². The highest BCUT2D eigenvalue weighted by Crippen LogP contribution is 2.18. The molecule has 1 aromatic carbocycles. The van der Waals surface area contributed by atoms with Crippen LogP contribution in [0.5, 0.6) is 0 Å². The van der Waals surface area contributed by atoms with Gasteiger partial charge in [-0.25, -0.2) is 0 Å². The quantitative estimate of drug-likeness (QED) is 0.744. The molecule has 0 aliphatic rings. The monoisotopic (exact) mass is 235 g/mol. The molecular weight excluding hydrogens is 210 g/mol. The third-order valence-electron chi connectivity index (χ3n) is 2.75. The first-order valence-corrected chi connectivity index (χ1v) is 6.36. The van der Waals surface area contributed by atoms with E-state index in [9.17, 15) is 0 Å². The second-order valence-electron chi connectivity index (χ2n) is 4.99. The summed E-state index contributed by atoms with van der Waals surface area (Å²) in [5, 5.41) is 3.45. The van der Waals surface area contributed by atoms with Crippen LogP contribution in [0, 0.1) is 0 Å². The summed E-state index contributed by atoms with van der Waals surface area (Å²) in [5.74, 6) is 0.